The molecule has 0 aliphatic heterocycles. The second-order valence-electron chi connectivity index (χ2n) is 6.07. The molecule has 0 radical (unpaired) electrons. The molecule has 18 heavy (non-hydrogen) atoms. The molecule has 1 N–H and O–H groups in total. The zero-order valence-electron chi connectivity index (χ0n) is 12.9. The Labute approximate surface area is 114 Å². The summed E-state index contributed by atoms with van der Waals surface area (Å²) in [6.07, 6.45) is 8.11. The van der Waals surface area contributed by atoms with Gasteiger partial charge in [0.2, 0.25) is 0 Å². The maximum Gasteiger partial charge on any atom is 0.0577 e. The Bertz CT molecular complexity index is 207. The fourth-order valence-corrected chi connectivity index (χ4v) is 2.97. The molecule has 4 unspecified atom stereocenters. The first-order valence-electron chi connectivity index (χ1n) is 8.02. The highest BCUT2D eigenvalue weighted by Crippen LogP contribution is 2.30. The van der Waals surface area contributed by atoms with E-state index in [1.807, 2.05) is 0 Å². The SMILES string of the molecule is CCNC(CC)CCCOC1CCC(C)C(C)C1. The van der Waals surface area contributed by atoms with E-state index in [2.05, 4.69) is 33.0 Å². The molecule has 1 rings (SSSR count). The van der Waals surface area contributed by atoms with Crippen LogP contribution in [0.1, 0.15) is 66.2 Å². The van der Waals surface area contributed by atoms with Gasteiger partial charge in [-0.2, -0.15) is 0 Å². The van der Waals surface area contributed by atoms with Gasteiger partial charge in [0.15, 0.2) is 0 Å². The minimum atomic E-state index is 0.537. The van der Waals surface area contributed by atoms with Gasteiger partial charge in [-0.1, -0.05) is 27.7 Å². The summed E-state index contributed by atoms with van der Waals surface area (Å²) in [5.41, 5.74) is 0. The Morgan fingerprint density at radius 2 is 1.94 bits per heavy atom. The lowest BCUT2D eigenvalue weighted by Gasteiger charge is -2.32. The maximum absolute atomic E-state index is 6.05. The van der Waals surface area contributed by atoms with E-state index in [1.165, 1.54) is 38.5 Å². The Morgan fingerprint density at radius 3 is 2.56 bits per heavy atom. The van der Waals surface area contributed by atoms with Crippen LogP contribution in [0, 0.1) is 11.8 Å². The van der Waals surface area contributed by atoms with Crippen LogP contribution >= 0.6 is 0 Å². The lowest BCUT2D eigenvalue weighted by Crippen LogP contribution is -2.29. The van der Waals surface area contributed by atoms with Crippen molar-refractivity contribution in [1.82, 2.24) is 5.32 Å². The van der Waals surface area contributed by atoms with Crippen LogP contribution in [0.25, 0.3) is 0 Å². The monoisotopic (exact) mass is 255 g/mol. The molecule has 2 heteroatoms. The predicted molar refractivity (Wildman–Crippen MR) is 78.9 cm³/mol. The van der Waals surface area contributed by atoms with Crippen molar-refractivity contribution in [3.63, 3.8) is 0 Å². The summed E-state index contributed by atoms with van der Waals surface area (Å²) < 4.78 is 6.05. The average molecular weight is 255 g/mol. The number of hydrogen-bond donors (Lipinski definition) is 1. The minimum absolute atomic E-state index is 0.537. The predicted octanol–water partition coefficient (Wildman–Crippen LogP) is 4.00. The van der Waals surface area contributed by atoms with Gasteiger partial charge in [-0.15, -0.1) is 0 Å². The molecule has 108 valence electrons. The van der Waals surface area contributed by atoms with Gasteiger partial charge < -0.3 is 10.1 Å². The molecule has 4 atom stereocenters. The van der Waals surface area contributed by atoms with Crippen LogP contribution in [0.5, 0.6) is 0 Å². The van der Waals surface area contributed by atoms with Crippen molar-refractivity contribution in [2.24, 2.45) is 11.8 Å². The number of ether oxygens (including phenoxy) is 1. The van der Waals surface area contributed by atoms with Gasteiger partial charge in [0.05, 0.1) is 6.10 Å². The van der Waals surface area contributed by atoms with Crippen molar-refractivity contribution in [2.75, 3.05) is 13.2 Å². The van der Waals surface area contributed by atoms with Crippen LogP contribution in [-0.4, -0.2) is 25.3 Å². The molecule has 1 aliphatic carbocycles. The highest BCUT2D eigenvalue weighted by Gasteiger charge is 2.24. The van der Waals surface area contributed by atoms with Gasteiger partial charge in [-0.3, -0.25) is 0 Å². The third kappa shape index (κ3) is 5.71. The lowest BCUT2D eigenvalue weighted by atomic mass is 9.80. The summed E-state index contributed by atoms with van der Waals surface area (Å²) in [6.45, 7) is 11.2. The van der Waals surface area contributed by atoms with Crippen LogP contribution in [0.3, 0.4) is 0 Å². The van der Waals surface area contributed by atoms with E-state index in [4.69, 9.17) is 4.74 Å². The molecule has 0 amide bonds. The standard InChI is InChI=1S/C16H33NO/c1-5-15(17-6-2)8-7-11-18-16-10-9-13(3)14(4)12-16/h13-17H,5-12H2,1-4H3. The Morgan fingerprint density at radius 1 is 1.17 bits per heavy atom. The molecule has 0 saturated heterocycles. The largest absolute Gasteiger partial charge is 0.378 e. The van der Waals surface area contributed by atoms with Crippen LogP contribution in [0.2, 0.25) is 0 Å². The quantitative estimate of drug-likeness (QED) is 0.662. The van der Waals surface area contributed by atoms with Gasteiger partial charge in [0.25, 0.3) is 0 Å². The summed E-state index contributed by atoms with van der Waals surface area (Å²) in [6, 6.07) is 0.684. The van der Waals surface area contributed by atoms with E-state index < -0.39 is 0 Å². The highest BCUT2D eigenvalue weighted by molar-refractivity contribution is 4.75. The molecule has 0 aromatic heterocycles. The van der Waals surface area contributed by atoms with Crippen LogP contribution in [-0.2, 0) is 4.74 Å². The molecule has 0 spiro atoms. The van der Waals surface area contributed by atoms with E-state index in [0.29, 0.717) is 12.1 Å². The molecular formula is C16H33NO. The van der Waals surface area contributed by atoms with Crippen molar-refractivity contribution in [2.45, 2.75) is 78.4 Å². The van der Waals surface area contributed by atoms with Gasteiger partial charge in [-0.25, -0.2) is 0 Å². The molecule has 0 aromatic carbocycles. The summed E-state index contributed by atoms with van der Waals surface area (Å²) in [4.78, 5) is 0. The molecule has 1 fully saturated rings. The zero-order valence-corrected chi connectivity index (χ0v) is 12.9. The minimum Gasteiger partial charge on any atom is -0.378 e. The van der Waals surface area contributed by atoms with Crippen LogP contribution in [0.15, 0.2) is 0 Å². The number of hydrogen-bond acceptors (Lipinski definition) is 2. The van der Waals surface area contributed by atoms with Gasteiger partial charge in [0, 0.05) is 12.6 Å². The first kappa shape index (κ1) is 16.0. The molecule has 0 aromatic rings. The van der Waals surface area contributed by atoms with E-state index in [1.54, 1.807) is 0 Å². The summed E-state index contributed by atoms with van der Waals surface area (Å²) in [5.74, 6) is 1.73. The number of rotatable bonds is 8. The van der Waals surface area contributed by atoms with Gasteiger partial charge >= 0.3 is 0 Å². The van der Waals surface area contributed by atoms with Gasteiger partial charge in [0.1, 0.15) is 0 Å². The Hall–Kier alpha value is -0.0800. The fraction of sp³-hybridized carbons (Fsp3) is 1.00. The second-order valence-corrected chi connectivity index (χ2v) is 6.07. The number of nitrogens with one attached hydrogen (secondary N) is 1. The molecule has 2 nitrogen and oxygen atoms in total. The summed E-state index contributed by atoms with van der Waals surface area (Å²) in [5, 5.41) is 3.53. The topological polar surface area (TPSA) is 21.3 Å². The van der Waals surface area contributed by atoms with Gasteiger partial charge in [-0.05, 0) is 56.9 Å². The van der Waals surface area contributed by atoms with Crippen LogP contribution in [0.4, 0.5) is 0 Å². The molecule has 0 heterocycles. The van der Waals surface area contributed by atoms with Crippen molar-refractivity contribution < 1.29 is 4.74 Å². The second kappa shape index (κ2) is 8.92. The zero-order chi connectivity index (χ0) is 13.4. The van der Waals surface area contributed by atoms with Crippen molar-refractivity contribution >= 4 is 0 Å². The molecule has 0 bridgehead atoms. The summed E-state index contributed by atoms with van der Waals surface area (Å²) >= 11 is 0. The summed E-state index contributed by atoms with van der Waals surface area (Å²) in [7, 11) is 0. The molecule has 1 saturated carbocycles. The molecule has 1 aliphatic rings. The van der Waals surface area contributed by atoms with E-state index in [0.717, 1.165) is 25.0 Å². The lowest BCUT2D eigenvalue weighted by molar-refractivity contribution is 0.000439. The third-order valence-corrected chi connectivity index (χ3v) is 4.59. The average Bonchev–Trinajstić information content (AvgIpc) is 2.37. The van der Waals surface area contributed by atoms with Crippen molar-refractivity contribution in [3.8, 4) is 0 Å². The van der Waals surface area contributed by atoms with Crippen molar-refractivity contribution in [1.29, 1.82) is 0 Å². The normalized spacial score (nSPS) is 30.3. The Balaban J connectivity index is 2.07. The third-order valence-electron chi connectivity index (χ3n) is 4.59. The van der Waals surface area contributed by atoms with E-state index in [9.17, 15) is 0 Å². The van der Waals surface area contributed by atoms with E-state index >= 15 is 0 Å². The fourth-order valence-electron chi connectivity index (χ4n) is 2.97. The maximum atomic E-state index is 6.05. The van der Waals surface area contributed by atoms with E-state index in [-0.39, 0.29) is 0 Å². The first-order chi connectivity index (χ1) is 8.67. The van der Waals surface area contributed by atoms with Crippen molar-refractivity contribution in [3.05, 3.63) is 0 Å². The smallest absolute Gasteiger partial charge is 0.0577 e. The van der Waals surface area contributed by atoms with Crippen LogP contribution < -0.4 is 5.32 Å². The Kier molecular flexibility index (Phi) is 7.92. The highest BCUT2D eigenvalue weighted by atomic mass is 16.5. The first-order valence-corrected chi connectivity index (χ1v) is 8.02. The molecular weight excluding hydrogens is 222 g/mol.